The van der Waals surface area contributed by atoms with Crippen LogP contribution in [-0.2, 0) is 10.0 Å². The first-order valence-corrected chi connectivity index (χ1v) is 6.30. The van der Waals surface area contributed by atoms with E-state index < -0.39 is 10.0 Å². The van der Waals surface area contributed by atoms with E-state index in [2.05, 4.69) is 15.9 Å². The molecular formula is C7H11BrN2O2S. The number of halogens is 1. The molecule has 4 nitrogen and oxygen atoms in total. The highest BCUT2D eigenvalue weighted by Gasteiger charge is 2.12. The van der Waals surface area contributed by atoms with E-state index in [1.54, 1.807) is 13.0 Å². The third kappa shape index (κ3) is 2.32. The van der Waals surface area contributed by atoms with E-state index >= 15 is 0 Å². The van der Waals surface area contributed by atoms with Crippen LogP contribution >= 0.6 is 15.9 Å². The normalized spacial score (nSPS) is 14.5. The Morgan fingerprint density at radius 1 is 1.62 bits per heavy atom. The predicted molar refractivity (Wildman–Crippen MR) is 55.0 cm³/mol. The van der Waals surface area contributed by atoms with Crippen LogP contribution in [0.15, 0.2) is 16.9 Å². The van der Waals surface area contributed by atoms with E-state index in [1.165, 1.54) is 6.20 Å². The van der Waals surface area contributed by atoms with E-state index in [1.807, 2.05) is 0 Å². The molecule has 1 aromatic heterocycles. The van der Waals surface area contributed by atoms with E-state index in [9.17, 15) is 8.42 Å². The largest absolute Gasteiger partial charge is 0.324 e. The Hall–Kier alpha value is -0.330. The highest BCUT2D eigenvalue weighted by atomic mass is 79.9. The van der Waals surface area contributed by atoms with Gasteiger partial charge in [-0.2, -0.15) is 0 Å². The molecule has 0 amide bonds. The molecule has 13 heavy (non-hydrogen) atoms. The Kier molecular flexibility index (Phi) is 2.84. The molecule has 1 rings (SSSR count). The molecule has 0 spiro atoms. The summed E-state index contributed by atoms with van der Waals surface area (Å²) < 4.78 is 24.0. The lowest BCUT2D eigenvalue weighted by molar-refractivity contribution is 0.592. The number of nitrogens with zero attached hydrogens (tertiary/aromatic N) is 1. The van der Waals surface area contributed by atoms with Gasteiger partial charge in [0.1, 0.15) is 0 Å². The Bertz CT molecular complexity index is 408. The number of aromatic nitrogens is 1. The summed E-state index contributed by atoms with van der Waals surface area (Å²) in [5.74, 6) is 0. The van der Waals surface area contributed by atoms with Crippen LogP contribution in [0.2, 0.25) is 0 Å². The van der Waals surface area contributed by atoms with Crippen molar-refractivity contribution in [2.24, 2.45) is 5.73 Å². The fraction of sp³-hybridized carbons (Fsp3) is 0.429. The minimum atomic E-state index is -3.23. The van der Waals surface area contributed by atoms with Gasteiger partial charge in [0.25, 0.3) is 0 Å². The lowest BCUT2D eigenvalue weighted by Gasteiger charge is -2.00. The van der Waals surface area contributed by atoms with Crippen LogP contribution in [0.1, 0.15) is 18.5 Å². The van der Waals surface area contributed by atoms with Crippen LogP contribution in [0, 0.1) is 0 Å². The summed E-state index contributed by atoms with van der Waals surface area (Å²) in [5.41, 5.74) is 6.40. The van der Waals surface area contributed by atoms with Crippen LogP contribution in [-0.4, -0.2) is 18.6 Å². The Labute approximate surface area is 85.9 Å². The number of rotatable bonds is 2. The number of nitrogens with two attached hydrogens (primary N) is 1. The summed E-state index contributed by atoms with van der Waals surface area (Å²) in [7, 11) is -3.23. The molecular weight excluding hydrogens is 256 g/mol. The van der Waals surface area contributed by atoms with Gasteiger partial charge in [-0.25, -0.2) is 12.4 Å². The summed E-state index contributed by atoms with van der Waals surface area (Å²) in [6.45, 7) is 1.80. The topological polar surface area (TPSA) is 65.1 Å². The van der Waals surface area contributed by atoms with Crippen molar-refractivity contribution in [1.82, 2.24) is 3.97 Å². The Morgan fingerprint density at radius 3 is 2.38 bits per heavy atom. The molecule has 6 heteroatoms. The van der Waals surface area contributed by atoms with Crippen molar-refractivity contribution in [1.29, 1.82) is 0 Å². The molecule has 0 aromatic carbocycles. The second-order valence-corrected chi connectivity index (χ2v) is 5.62. The quantitative estimate of drug-likeness (QED) is 0.871. The van der Waals surface area contributed by atoms with Crippen molar-refractivity contribution in [2.75, 3.05) is 6.26 Å². The van der Waals surface area contributed by atoms with Crippen LogP contribution in [0.5, 0.6) is 0 Å². The first kappa shape index (κ1) is 10.7. The molecule has 0 saturated heterocycles. The monoisotopic (exact) mass is 266 g/mol. The molecule has 1 heterocycles. The molecule has 0 aliphatic rings. The molecule has 0 radical (unpaired) electrons. The number of hydrogen-bond donors (Lipinski definition) is 1. The lowest BCUT2D eigenvalue weighted by Crippen LogP contribution is -2.09. The van der Waals surface area contributed by atoms with Crippen molar-refractivity contribution in [3.63, 3.8) is 0 Å². The molecule has 0 bridgehead atoms. The van der Waals surface area contributed by atoms with Gasteiger partial charge in [0.2, 0.25) is 10.0 Å². The zero-order valence-corrected chi connectivity index (χ0v) is 9.76. The van der Waals surface area contributed by atoms with Gasteiger partial charge in [-0.3, -0.25) is 0 Å². The second kappa shape index (κ2) is 3.43. The van der Waals surface area contributed by atoms with Crippen molar-refractivity contribution in [3.05, 3.63) is 22.4 Å². The fourth-order valence-electron chi connectivity index (χ4n) is 0.939. The first-order valence-electron chi connectivity index (χ1n) is 3.66. The zero-order valence-electron chi connectivity index (χ0n) is 7.36. The molecule has 74 valence electrons. The van der Waals surface area contributed by atoms with Gasteiger partial charge < -0.3 is 5.73 Å². The summed E-state index contributed by atoms with van der Waals surface area (Å²) in [4.78, 5) is 0. The highest BCUT2D eigenvalue weighted by Crippen LogP contribution is 2.20. The maximum absolute atomic E-state index is 11.2. The average molecular weight is 267 g/mol. The smallest absolute Gasteiger partial charge is 0.236 e. The molecule has 0 aliphatic heterocycles. The minimum absolute atomic E-state index is 0.167. The minimum Gasteiger partial charge on any atom is -0.324 e. The SMILES string of the molecule is CC(N)c1cc(Br)n(S(C)(=O)=O)c1. The van der Waals surface area contributed by atoms with E-state index in [4.69, 9.17) is 5.73 Å². The lowest BCUT2D eigenvalue weighted by atomic mass is 10.2. The standard InChI is InChI=1S/C7H11BrN2O2S/c1-5(9)6-3-7(8)10(4-6)13(2,11)12/h3-5H,9H2,1-2H3. The van der Waals surface area contributed by atoms with Crippen molar-refractivity contribution < 1.29 is 8.42 Å². The average Bonchev–Trinajstić information content (AvgIpc) is 2.29. The maximum Gasteiger partial charge on any atom is 0.236 e. The maximum atomic E-state index is 11.2. The van der Waals surface area contributed by atoms with Crippen molar-refractivity contribution >= 4 is 26.0 Å². The van der Waals surface area contributed by atoms with Crippen LogP contribution < -0.4 is 5.73 Å². The molecule has 1 atom stereocenters. The summed E-state index contributed by atoms with van der Waals surface area (Å²) >= 11 is 3.15. The summed E-state index contributed by atoms with van der Waals surface area (Å²) in [5, 5.41) is 0. The molecule has 1 aromatic rings. The Balaban J connectivity index is 3.27. The van der Waals surface area contributed by atoms with Crippen molar-refractivity contribution in [3.8, 4) is 0 Å². The highest BCUT2D eigenvalue weighted by molar-refractivity contribution is 9.10. The van der Waals surface area contributed by atoms with Gasteiger partial charge in [-0.05, 0) is 34.5 Å². The third-order valence-electron chi connectivity index (χ3n) is 1.65. The van der Waals surface area contributed by atoms with Crippen LogP contribution in [0.4, 0.5) is 0 Å². The number of hydrogen-bond acceptors (Lipinski definition) is 3. The second-order valence-electron chi connectivity index (χ2n) is 2.94. The third-order valence-corrected chi connectivity index (χ3v) is 3.51. The van der Waals surface area contributed by atoms with E-state index in [0.29, 0.717) is 4.60 Å². The van der Waals surface area contributed by atoms with Crippen LogP contribution in [0.25, 0.3) is 0 Å². The molecule has 0 fully saturated rings. The molecule has 0 saturated carbocycles. The van der Waals surface area contributed by atoms with E-state index in [-0.39, 0.29) is 6.04 Å². The fourth-order valence-corrected chi connectivity index (χ4v) is 2.78. The molecule has 0 aliphatic carbocycles. The van der Waals surface area contributed by atoms with Crippen LogP contribution in [0.3, 0.4) is 0 Å². The van der Waals surface area contributed by atoms with Gasteiger partial charge in [-0.1, -0.05) is 0 Å². The van der Waals surface area contributed by atoms with Gasteiger partial charge in [0.05, 0.1) is 10.9 Å². The van der Waals surface area contributed by atoms with Gasteiger partial charge in [0.15, 0.2) is 0 Å². The molecule has 2 N–H and O–H groups in total. The molecule has 1 unspecified atom stereocenters. The summed E-state index contributed by atoms with van der Waals surface area (Å²) in [6.07, 6.45) is 2.66. The van der Waals surface area contributed by atoms with Gasteiger partial charge in [-0.15, -0.1) is 0 Å². The zero-order chi connectivity index (χ0) is 10.2. The van der Waals surface area contributed by atoms with E-state index in [0.717, 1.165) is 15.8 Å². The van der Waals surface area contributed by atoms with Gasteiger partial charge >= 0.3 is 0 Å². The van der Waals surface area contributed by atoms with Crippen molar-refractivity contribution in [2.45, 2.75) is 13.0 Å². The summed E-state index contributed by atoms with van der Waals surface area (Å²) in [6, 6.07) is 1.53. The Morgan fingerprint density at radius 2 is 2.15 bits per heavy atom. The predicted octanol–water partition coefficient (Wildman–Crippen LogP) is 1.08. The van der Waals surface area contributed by atoms with Gasteiger partial charge in [0, 0.05) is 12.2 Å². The first-order chi connectivity index (χ1) is 5.82.